The highest BCUT2D eigenvalue weighted by Gasteiger charge is 2.28. The normalized spacial score (nSPS) is 11.8. The van der Waals surface area contributed by atoms with Gasteiger partial charge in [0.25, 0.3) is 0 Å². The number of alkyl halides is 3. The van der Waals surface area contributed by atoms with E-state index in [1.807, 2.05) is 18.2 Å². The topological polar surface area (TPSA) is 40.6 Å². The maximum atomic E-state index is 6.14. The van der Waals surface area contributed by atoms with Crippen molar-refractivity contribution in [3.8, 4) is 17.2 Å². The number of halogens is 3. The highest BCUT2D eigenvalue weighted by atomic mass is 35.6. The molecule has 0 amide bonds. The average Bonchev–Trinajstić information content (AvgIpc) is 2.58. The minimum Gasteiger partial charge on any atom is -0.497 e. The van der Waals surface area contributed by atoms with E-state index in [1.165, 1.54) is 0 Å². The van der Waals surface area contributed by atoms with Gasteiger partial charge in [-0.3, -0.25) is 0 Å². The van der Waals surface area contributed by atoms with Gasteiger partial charge in [-0.25, -0.2) is 4.98 Å². The van der Waals surface area contributed by atoms with Gasteiger partial charge in [0.15, 0.2) is 11.5 Å². The van der Waals surface area contributed by atoms with E-state index in [1.54, 1.807) is 33.5 Å². The Kier molecular flexibility index (Phi) is 4.56. The van der Waals surface area contributed by atoms with Crippen LogP contribution in [0, 0.1) is 0 Å². The zero-order valence-corrected chi connectivity index (χ0v) is 15.5. The van der Waals surface area contributed by atoms with Gasteiger partial charge in [-0.2, -0.15) is 0 Å². The fourth-order valence-corrected chi connectivity index (χ4v) is 3.09. The first-order chi connectivity index (χ1) is 11.4. The lowest BCUT2D eigenvalue weighted by molar-refractivity contribution is 0.356. The highest BCUT2D eigenvalue weighted by Crippen LogP contribution is 2.44. The van der Waals surface area contributed by atoms with E-state index in [-0.39, 0.29) is 0 Å². The van der Waals surface area contributed by atoms with Crippen molar-refractivity contribution in [2.24, 2.45) is 0 Å². The highest BCUT2D eigenvalue weighted by molar-refractivity contribution is 6.67. The summed E-state index contributed by atoms with van der Waals surface area (Å²) in [4.78, 5) is 4.55. The van der Waals surface area contributed by atoms with Crippen LogP contribution >= 0.6 is 34.8 Å². The SMILES string of the molecule is COc1ccc2c(c1)c(C(Cl)(Cl)Cl)nc1cc(OC)c(OC)cc12. The maximum Gasteiger partial charge on any atom is 0.233 e. The summed E-state index contributed by atoms with van der Waals surface area (Å²) in [5, 5.41) is 2.44. The predicted octanol–water partition coefficient (Wildman–Crippen LogP) is 5.24. The van der Waals surface area contributed by atoms with Gasteiger partial charge in [0.2, 0.25) is 3.79 Å². The summed E-state index contributed by atoms with van der Waals surface area (Å²) in [6, 6.07) is 9.18. The molecule has 126 valence electrons. The summed E-state index contributed by atoms with van der Waals surface area (Å²) < 4.78 is 14.3. The van der Waals surface area contributed by atoms with Crippen LogP contribution in [0.5, 0.6) is 17.2 Å². The molecule has 0 saturated carbocycles. The molecule has 0 aliphatic heterocycles. The van der Waals surface area contributed by atoms with Crippen LogP contribution in [0.25, 0.3) is 21.7 Å². The molecule has 0 radical (unpaired) electrons. The van der Waals surface area contributed by atoms with Gasteiger partial charge < -0.3 is 14.2 Å². The van der Waals surface area contributed by atoms with Gasteiger partial charge in [0.1, 0.15) is 11.4 Å². The molecule has 1 heterocycles. The Labute approximate surface area is 154 Å². The van der Waals surface area contributed by atoms with Crippen molar-refractivity contribution in [3.63, 3.8) is 0 Å². The number of fused-ring (bicyclic) bond motifs is 3. The molecule has 0 bridgehead atoms. The second kappa shape index (κ2) is 6.36. The Morgan fingerprint density at radius 1 is 0.792 bits per heavy atom. The smallest absolute Gasteiger partial charge is 0.233 e. The number of hydrogen-bond donors (Lipinski definition) is 0. The molecule has 24 heavy (non-hydrogen) atoms. The minimum absolute atomic E-state index is 0.334. The fraction of sp³-hybridized carbons (Fsp3) is 0.235. The van der Waals surface area contributed by atoms with Crippen molar-refractivity contribution in [2.75, 3.05) is 21.3 Å². The van der Waals surface area contributed by atoms with Crippen molar-refractivity contribution in [3.05, 3.63) is 36.0 Å². The summed E-state index contributed by atoms with van der Waals surface area (Å²) in [7, 11) is 4.72. The standard InChI is InChI=1S/C17H14Cl3NO3/c1-22-9-4-5-10-11-7-14(23-2)15(24-3)8-13(11)21-16(12(10)6-9)17(18,19)20/h4-8H,1-3H3. The van der Waals surface area contributed by atoms with E-state index >= 15 is 0 Å². The summed E-state index contributed by atoms with van der Waals surface area (Å²) in [5.74, 6) is 1.81. The van der Waals surface area contributed by atoms with Crippen LogP contribution < -0.4 is 14.2 Å². The predicted molar refractivity (Wildman–Crippen MR) is 98.1 cm³/mol. The van der Waals surface area contributed by atoms with Gasteiger partial charge in [-0.1, -0.05) is 34.8 Å². The number of rotatable bonds is 3. The first-order valence-electron chi connectivity index (χ1n) is 6.99. The molecule has 0 saturated heterocycles. The zero-order chi connectivity index (χ0) is 17.5. The molecule has 2 aromatic carbocycles. The first-order valence-corrected chi connectivity index (χ1v) is 8.13. The van der Waals surface area contributed by atoms with Gasteiger partial charge in [0, 0.05) is 16.8 Å². The Morgan fingerprint density at radius 2 is 1.46 bits per heavy atom. The molecular weight excluding hydrogens is 373 g/mol. The second-order valence-corrected chi connectivity index (χ2v) is 7.38. The zero-order valence-electron chi connectivity index (χ0n) is 13.2. The van der Waals surface area contributed by atoms with Crippen molar-refractivity contribution >= 4 is 56.5 Å². The fourth-order valence-electron chi connectivity index (χ4n) is 2.65. The number of ether oxygens (including phenoxy) is 3. The van der Waals surface area contributed by atoms with Crippen LogP contribution in [-0.2, 0) is 3.79 Å². The summed E-state index contributed by atoms with van der Waals surface area (Å²) in [5.41, 5.74) is 0.979. The maximum absolute atomic E-state index is 6.14. The van der Waals surface area contributed by atoms with Crippen molar-refractivity contribution in [1.82, 2.24) is 4.98 Å². The van der Waals surface area contributed by atoms with Crippen LogP contribution in [0.1, 0.15) is 5.69 Å². The van der Waals surface area contributed by atoms with E-state index in [0.717, 1.165) is 10.8 Å². The number of hydrogen-bond acceptors (Lipinski definition) is 4. The van der Waals surface area contributed by atoms with Crippen LogP contribution in [0.15, 0.2) is 30.3 Å². The number of pyridine rings is 1. The van der Waals surface area contributed by atoms with Gasteiger partial charge >= 0.3 is 0 Å². The molecule has 0 atom stereocenters. The summed E-state index contributed by atoms with van der Waals surface area (Å²) in [6.45, 7) is 0. The van der Waals surface area contributed by atoms with Gasteiger partial charge in [-0.15, -0.1) is 0 Å². The van der Waals surface area contributed by atoms with Crippen LogP contribution in [0.3, 0.4) is 0 Å². The molecule has 0 aliphatic rings. The number of nitrogens with zero attached hydrogens (tertiary/aromatic N) is 1. The Hall–Kier alpha value is -1.62. The lowest BCUT2D eigenvalue weighted by Gasteiger charge is -2.17. The van der Waals surface area contributed by atoms with Crippen LogP contribution in [-0.4, -0.2) is 26.3 Å². The van der Waals surface area contributed by atoms with E-state index in [4.69, 9.17) is 49.0 Å². The van der Waals surface area contributed by atoms with Gasteiger partial charge in [0.05, 0.1) is 26.8 Å². The monoisotopic (exact) mass is 385 g/mol. The van der Waals surface area contributed by atoms with Crippen molar-refractivity contribution in [1.29, 1.82) is 0 Å². The summed E-state index contributed by atoms with van der Waals surface area (Å²) in [6.07, 6.45) is 0. The minimum atomic E-state index is -1.67. The molecule has 3 aromatic rings. The molecule has 0 fully saturated rings. The number of methoxy groups -OCH3 is 3. The van der Waals surface area contributed by atoms with E-state index in [9.17, 15) is 0 Å². The van der Waals surface area contributed by atoms with Crippen molar-refractivity contribution in [2.45, 2.75) is 3.79 Å². The largest absolute Gasteiger partial charge is 0.497 e. The Bertz CT molecular complexity index is 922. The quantitative estimate of drug-likeness (QED) is 0.456. The van der Waals surface area contributed by atoms with E-state index < -0.39 is 3.79 Å². The first kappa shape index (κ1) is 17.2. The number of aromatic nitrogens is 1. The Balaban J connectivity index is 2.48. The molecule has 4 nitrogen and oxygen atoms in total. The summed E-state index contributed by atoms with van der Waals surface area (Å²) >= 11 is 18.4. The molecule has 3 rings (SSSR count). The molecular formula is C17H14Cl3NO3. The molecule has 0 aliphatic carbocycles. The van der Waals surface area contributed by atoms with Crippen molar-refractivity contribution < 1.29 is 14.2 Å². The van der Waals surface area contributed by atoms with Crippen LogP contribution in [0.2, 0.25) is 0 Å². The van der Waals surface area contributed by atoms with E-state index in [2.05, 4.69) is 4.98 Å². The third kappa shape index (κ3) is 2.90. The van der Waals surface area contributed by atoms with E-state index in [0.29, 0.717) is 33.8 Å². The lowest BCUT2D eigenvalue weighted by Crippen LogP contribution is -2.06. The molecule has 7 heteroatoms. The third-order valence-corrected chi connectivity index (χ3v) is 4.31. The Morgan fingerprint density at radius 3 is 2.04 bits per heavy atom. The molecule has 1 aromatic heterocycles. The second-order valence-electron chi connectivity index (χ2n) is 5.09. The van der Waals surface area contributed by atoms with Gasteiger partial charge in [-0.05, 0) is 29.7 Å². The average molecular weight is 387 g/mol. The molecule has 0 N–H and O–H groups in total. The number of benzene rings is 2. The molecule has 0 spiro atoms. The molecule has 0 unspecified atom stereocenters. The third-order valence-electron chi connectivity index (χ3n) is 3.77. The van der Waals surface area contributed by atoms with Crippen LogP contribution in [0.4, 0.5) is 0 Å². The lowest BCUT2D eigenvalue weighted by atomic mass is 10.0.